The molecule has 41 heavy (non-hydrogen) atoms. The van der Waals surface area contributed by atoms with E-state index in [2.05, 4.69) is 26.3 Å². The minimum absolute atomic E-state index is 0.0913. The van der Waals surface area contributed by atoms with Crippen molar-refractivity contribution < 1.29 is 17.6 Å². The maximum atomic E-state index is 15.4. The van der Waals surface area contributed by atoms with E-state index in [4.69, 9.17) is 5.14 Å². The van der Waals surface area contributed by atoms with E-state index in [0.717, 1.165) is 12.8 Å². The molecule has 4 aromatic rings. The van der Waals surface area contributed by atoms with Gasteiger partial charge in [-0.15, -0.1) is 5.10 Å². The van der Waals surface area contributed by atoms with E-state index in [-0.39, 0.29) is 28.5 Å². The molecule has 0 aliphatic rings. The van der Waals surface area contributed by atoms with E-state index >= 15 is 4.39 Å². The number of nitrogens with zero attached hydrogens (tertiary/aromatic N) is 3. The van der Waals surface area contributed by atoms with Gasteiger partial charge in [0.15, 0.2) is 0 Å². The number of amides is 1. The summed E-state index contributed by atoms with van der Waals surface area (Å²) in [4.78, 5) is 26.1. The summed E-state index contributed by atoms with van der Waals surface area (Å²) in [6.45, 7) is 4.44. The predicted molar refractivity (Wildman–Crippen MR) is 159 cm³/mol. The molecule has 9 nitrogen and oxygen atoms in total. The Labute approximate surface area is 246 Å². The number of benzene rings is 3. The van der Waals surface area contributed by atoms with Gasteiger partial charge in [0.25, 0.3) is 5.91 Å². The predicted octanol–water partition coefficient (Wildman–Crippen LogP) is 4.78. The molecule has 3 aromatic carbocycles. The van der Waals surface area contributed by atoms with E-state index in [1.54, 1.807) is 42.5 Å². The highest BCUT2D eigenvalue weighted by Crippen LogP contribution is 2.28. The van der Waals surface area contributed by atoms with Gasteiger partial charge in [0.05, 0.1) is 17.1 Å². The van der Waals surface area contributed by atoms with Crippen LogP contribution in [0.25, 0.3) is 16.8 Å². The highest BCUT2D eigenvalue weighted by Gasteiger charge is 2.20. The molecule has 3 N–H and O–H groups in total. The number of nitrogens with two attached hydrogens (primary N) is 1. The van der Waals surface area contributed by atoms with E-state index in [1.165, 1.54) is 27.4 Å². The zero-order valence-corrected chi connectivity index (χ0v) is 25.1. The van der Waals surface area contributed by atoms with Crippen LogP contribution in [-0.4, -0.2) is 35.2 Å². The number of unbranched alkanes of at least 4 members (excludes halogenated alkanes) is 1. The third-order valence-electron chi connectivity index (χ3n) is 6.55. The molecule has 1 amide bonds. The first-order valence-corrected chi connectivity index (χ1v) is 15.6. The zero-order chi connectivity index (χ0) is 29.7. The van der Waals surface area contributed by atoms with Crippen LogP contribution in [0.2, 0.25) is 0 Å². The van der Waals surface area contributed by atoms with Gasteiger partial charge in [-0.1, -0.05) is 50.6 Å². The van der Waals surface area contributed by atoms with Gasteiger partial charge in [-0.3, -0.25) is 9.36 Å². The molecule has 0 aliphatic heterocycles. The standard InChI is InChI=1S/C29H31BrFN5O4S/c1-3-5-15-33-28(37)20-13-14-23(30)25(17-20)36-29(38)35(27(34-36)8-4-2)18-21-12-11-19(16-24(21)31)22-9-6-7-10-26(22)41(32,39)40/h6-7,9-14,16-17H,3-5,8,15,18H2,1-2H3,(H,33,37)(H2,32,39,40). The lowest BCUT2D eigenvalue weighted by Crippen LogP contribution is -2.27. The molecule has 0 saturated heterocycles. The number of primary sulfonamides is 1. The fourth-order valence-electron chi connectivity index (χ4n) is 4.42. The topological polar surface area (TPSA) is 129 Å². The second kappa shape index (κ2) is 12.9. The minimum Gasteiger partial charge on any atom is -0.352 e. The molecule has 0 bridgehead atoms. The molecule has 0 radical (unpaired) electrons. The quantitative estimate of drug-likeness (QED) is 0.227. The van der Waals surface area contributed by atoms with Crippen molar-refractivity contribution in [3.63, 3.8) is 0 Å². The number of aryl methyl sites for hydroxylation is 1. The van der Waals surface area contributed by atoms with Crippen LogP contribution in [0.1, 0.15) is 54.9 Å². The number of aromatic nitrogens is 3. The highest BCUT2D eigenvalue weighted by atomic mass is 79.9. The average Bonchev–Trinajstić information content (AvgIpc) is 3.24. The van der Waals surface area contributed by atoms with Crippen molar-refractivity contribution in [3.8, 4) is 16.8 Å². The molecule has 0 aliphatic carbocycles. The van der Waals surface area contributed by atoms with Gasteiger partial charge in [0, 0.05) is 34.1 Å². The molecule has 12 heteroatoms. The molecule has 1 aromatic heterocycles. The first-order valence-electron chi connectivity index (χ1n) is 13.2. The molecule has 0 unspecified atom stereocenters. The third-order valence-corrected chi connectivity index (χ3v) is 8.19. The Morgan fingerprint density at radius 2 is 1.83 bits per heavy atom. The van der Waals surface area contributed by atoms with Crippen molar-refractivity contribution in [2.75, 3.05) is 6.54 Å². The van der Waals surface area contributed by atoms with Crippen molar-refractivity contribution in [3.05, 3.63) is 98.4 Å². The van der Waals surface area contributed by atoms with E-state index < -0.39 is 21.5 Å². The van der Waals surface area contributed by atoms with Gasteiger partial charge < -0.3 is 5.32 Å². The highest BCUT2D eigenvalue weighted by molar-refractivity contribution is 9.10. The molecular weight excluding hydrogens is 613 g/mol. The molecule has 1 heterocycles. The van der Waals surface area contributed by atoms with E-state index in [1.807, 2.05) is 13.8 Å². The lowest BCUT2D eigenvalue weighted by atomic mass is 10.0. The molecule has 0 spiro atoms. The van der Waals surface area contributed by atoms with Gasteiger partial charge in [-0.25, -0.2) is 22.7 Å². The Hall–Kier alpha value is -3.61. The van der Waals surface area contributed by atoms with Crippen LogP contribution in [0, 0.1) is 5.82 Å². The molecule has 216 valence electrons. The lowest BCUT2D eigenvalue weighted by Gasteiger charge is -2.11. The fourth-order valence-corrected chi connectivity index (χ4v) is 5.60. The molecule has 0 atom stereocenters. The minimum atomic E-state index is -4.02. The number of nitrogens with one attached hydrogen (secondary N) is 1. The van der Waals surface area contributed by atoms with Gasteiger partial charge in [0.2, 0.25) is 10.0 Å². The van der Waals surface area contributed by atoms with Crippen LogP contribution in [0.3, 0.4) is 0 Å². The van der Waals surface area contributed by atoms with E-state index in [9.17, 15) is 18.0 Å². The summed E-state index contributed by atoms with van der Waals surface area (Å²) in [6.07, 6.45) is 2.97. The number of carbonyl (C=O) groups excluding carboxylic acids is 1. The molecular formula is C29H31BrFN5O4S. The molecule has 4 rings (SSSR count). The smallest absolute Gasteiger partial charge is 0.351 e. The summed E-state index contributed by atoms with van der Waals surface area (Å²) in [5.41, 5.74) is 1.14. The fraction of sp³-hybridized carbons (Fsp3) is 0.276. The summed E-state index contributed by atoms with van der Waals surface area (Å²) in [7, 11) is -4.02. The number of sulfonamides is 1. The summed E-state index contributed by atoms with van der Waals surface area (Å²) >= 11 is 3.46. The number of hydrogen-bond donors (Lipinski definition) is 2. The van der Waals surface area contributed by atoms with Crippen molar-refractivity contribution in [2.45, 2.75) is 51.0 Å². The Balaban J connectivity index is 1.71. The maximum Gasteiger partial charge on any atom is 0.351 e. The van der Waals surface area contributed by atoms with Crippen LogP contribution < -0.4 is 16.1 Å². The van der Waals surface area contributed by atoms with Crippen LogP contribution >= 0.6 is 15.9 Å². The molecule has 0 saturated carbocycles. The van der Waals surface area contributed by atoms with Gasteiger partial charge in [-0.05, 0) is 64.7 Å². The van der Waals surface area contributed by atoms with Crippen molar-refractivity contribution >= 4 is 31.9 Å². The number of halogens is 2. The first-order chi connectivity index (χ1) is 19.5. The normalized spacial score (nSPS) is 11.5. The molecule has 0 fully saturated rings. The van der Waals surface area contributed by atoms with Crippen molar-refractivity contribution in [1.82, 2.24) is 19.7 Å². The largest absolute Gasteiger partial charge is 0.352 e. The summed E-state index contributed by atoms with van der Waals surface area (Å²) < 4.78 is 42.6. The van der Waals surface area contributed by atoms with Crippen LogP contribution in [-0.2, 0) is 23.0 Å². The Morgan fingerprint density at radius 1 is 1.07 bits per heavy atom. The summed E-state index contributed by atoms with van der Waals surface area (Å²) in [6, 6.07) is 15.4. The Morgan fingerprint density at radius 3 is 2.51 bits per heavy atom. The van der Waals surface area contributed by atoms with Crippen molar-refractivity contribution in [1.29, 1.82) is 0 Å². The number of hydrogen-bond acceptors (Lipinski definition) is 5. The summed E-state index contributed by atoms with van der Waals surface area (Å²) in [5, 5.41) is 12.8. The van der Waals surface area contributed by atoms with Gasteiger partial charge >= 0.3 is 5.69 Å². The van der Waals surface area contributed by atoms with Gasteiger partial charge in [-0.2, -0.15) is 4.68 Å². The zero-order valence-electron chi connectivity index (χ0n) is 22.7. The van der Waals surface area contributed by atoms with E-state index in [0.29, 0.717) is 46.5 Å². The third kappa shape index (κ3) is 6.83. The number of rotatable bonds is 11. The second-order valence-corrected chi connectivity index (χ2v) is 12.0. The Bertz CT molecular complexity index is 1750. The summed E-state index contributed by atoms with van der Waals surface area (Å²) in [5.74, 6) is -0.398. The maximum absolute atomic E-state index is 15.4. The monoisotopic (exact) mass is 643 g/mol. The van der Waals surface area contributed by atoms with Gasteiger partial charge in [0.1, 0.15) is 11.6 Å². The van der Waals surface area contributed by atoms with Crippen LogP contribution in [0.15, 0.2) is 74.8 Å². The van der Waals surface area contributed by atoms with Crippen LogP contribution in [0.4, 0.5) is 4.39 Å². The lowest BCUT2D eigenvalue weighted by molar-refractivity contribution is 0.0953. The first kappa shape index (κ1) is 30.4. The second-order valence-electron chi connectivity index (χ2n) is 9.57. The van der Waals surface area contributed by atoms with Crippen molar-refractivity contribution in [2.24, 2.45) is 5.14 Å². The average molecular weight is 645 g/mol. The SMILES string of the molecule is CCCCNC(=O)c1ccc(Br)c(-n2nc(CCC)n(Cc3ccc(-c4ccccc4S(N)(=O)=O)cc3F)c2=O)c1. The van der Waals surface area contributed by atoms with Crippen LogP contribution in [0.5, 0.6) is 0 Å². The number of carbonyl (C=O) groups is 1. The Kier molecular flexibility index (Phi) is 9.57.